The van der Waals surface area contributed by atoms with Crippen molar-refractivity contribution in [3.63, 3.8) is 0 Å². The van der Waals surface area contributed by atoms with E-state index in [1.807, 2.05) is 0 Å². The number of carbonyl (C=O) groups excluding carboxylic acids is 1. The molecule has 0 bridgehead atoms. The lowest BCUT2D eigenvalue weighted by Gasteiger charge is -2.02. The van der Waals surface area contributed by atoms with Gasteiger partial charge in [0.1, 0.15) is 5.56 Å². The highest BCUT2D eigenvalue weighted by Crippen LogP contribution is 2.24. The fourth-order valence-electron chi connectivity index (χ4n) is 1.11. The van der Waals surface area contributed by atoms with Gasteiger partial charge in [-0.3, -0.25) is 10.1 Å². The molecule has 0 saturated heterocycles. The minimum absolute atomic E-state index is 0.191. The predicted octanol–water partition coefficient (Wildman–Crippen LogP) is 1.39. The minimum atomic E-state index is -1.25. The van der Waals surface area contributed by atoms with E-state index in [0.717, 1.165) is 13.2 Å². The lowest BCUT2D eigenvalue weighted by Crippen LogP contribution is -2.08. The molecular weight excluding hydrogens is 219 g/mol. The molecule has 0 aliphatic carbocycles. The second-order valence-electron chi connectivity index (χ2n) is 2.71. The van der Waals surface area contributed by atoms with Crippen molar-refractivity contribution in [3.05, 3.63) is 39.2 Å². The summed E-state index contributed by atoms with van der Waals surface area (Å²) < 4.78 is 17.5. The highest BCUT2D eigenvalue weighted by molar-refractivity contribution is 5.94. The highest BCUT2D eigenvalue weighted by Gasteiger charge is 2.26. The summed E-state index contributed by atoms with van der Waals surface area (Å²) >= 11 is 0. The van der Waals surface area contributed by atoms with E-state index in [9.17, 15) is 19.3 Å². The quantitative estimate of drug-likeness (QED) is 0.430. The first-order chi connectivity index (χ1) is 7.51. The minimum Gasteiger partial charge on any atom is -0.465 e. The maximum Gasteiger partial charge on any atom is 0.345 e. The molecule has 1 aromatic carbocycles. The average molecular weight is 224 g/mol. The van der Waals surface area contributed by atoms with Crippen molar-refractivity contribution in [2.45, 2.75) is 0 Å². The zero-order chi connectivity index (χ0) is 12.3. The number of methoxy groups -OCH3 is 1. The Bertz CT molecular complexity index is 507. The second kappa shape index (κ2) is 4.35. The van der Waals surface area contributed by atoms with E-state index in [-0.39, 0.29) is 5.56 Å². The number of nitro groups is 1. The van der Waals surface area contributed by atoms with Gasteiger partial charge in [-0.25, -0.2) is 4.79 Å². The van der Waals surface area contributed by atoms with Crippen molar-refractivity contribution in [2.75, 3.05) is 7.11 Å². The topological polar surface area (TPSA) is 93.2 Å². The number of esters is 1. The van der Waals surface area contributed by atoms with Crippen LogP contribution in [-0.4, -0.2) is 18.0 Å². The molecule has 1 aromatic rings. The molecule has 0 atom stereocenters. The van der Waals surface area contributed by atoms with Gasteiger partial charge in [0.05, 0.1) is 23.7 Å². The van der Waals surface area contributed by atoms with Gasteiger partial charge in [-0.05, 0) is 12.1 Å². The first-order valence-corrected chi connectivity index (χ1v) is 3.97. The zero-order valence-electron chi connectivity index (χ0n) is 8.06. The van der Waals surface area contributed by atoms with Crippen LogP contribution in [0.15, 0.2) is 12.1 Å². The van der Waals surface area contributed by atoms with Crippen LogP contribution in [0.5, 0.6) is 0 Å². The van der Waals surface area contributed by atoms with E-state index in [1.165, 1.54) is 0 Å². The molecule has 82 valence electrons. The van der Waals surface area contributed by atoms with Crippen molar-refractivity contribution in [3.8, 4) is 6.07 Å². The van der Waals surface area contributed by atoms with Crippen LogP contribution in [0.4, 0.5) is 10.1 Å². The molecule has 7 heteroatoms. The van der Waals surface area contributed by atoms with Crippen molar-refractivity contribution in [1.82, 2.24) is 0 Å². The summed E-state index contributed by atoms with van der Waals surface area (Å²) in [7, 11) is 1.00. The molecule has 0 amide bonds. The number of rotatable bonds is 2. The molecule has 0 unspecified atom stereocenters. The first kappa shape index (κ1) is 11.6. The maximum atomic E-state index is 13.2. The number of nitrogens with zero attached hydrogens (tertiary/aromatic N) is 2. The van der Waals surface area contributed by atoms with Crippen LogP contribution in [0.25, 0.3) is 0 Å². The number of nitriles is 1. The van der Waals surface area contributed by atoms with Crippen LogP contribution < -0.4 is 0 Å². The Kier molecular flexibility index (Phi) is 3.15. The van der Waals surface area contributed by atoms with Gasteiger partial charge in [0.25, 0.3) is 0 Å². The average Bonchev–Trinajstić information content (AvgIpc) is 2.26. The molecule has 0 aliphatic rings. The third-order valence-electron chi connectivity index (χ3n) is 1.78. The number of nitro benzene ring substituents is 1. The third-order valence-corrected chi connectivity index (χ3v) is 1.78. The number of ether oxygens (including phenoxy) is 1. The van der Waals surface area contributed by atoms with Crippen molar-refractivity contribution >= 4 is 11.7 Å². The van der Waals surface area contributed by atoms with E-state index in [4.69, 9.17) is 5.26 Å². The van der Waals surface area contributed by atoms with Gasteiger partial charge in [0, 0.05) is 0 Å². The Balaban J connectivity index is 3.54. The molecule has 6 nitrogen and oxygen atoms in total. The molecule has 0 fully saturated rings. The van der Waals surface area contributed by atoms with E-state index in [1.54, 1.807) is 6.07 Å². The molecule has 0 radical (unpaired) electrons. The van der Waals surface area contributed by atoms with Crippen LogP contribution in [0, 0.1) is 27.3 Å². The fourth-order valence-corrected chi connectivity index (χ4v) is 1.11. The van der Waals surface area contributed by atoms with Crippen LogP contribution >= 0.6 is 0 Å². The molecule has 1 rings (SSSR count). The molecule has 0 heterocycles. The van der Waals surface area contributed by atoms with Gasteiger partial charge in [-0.15, -0.1) is 0 Å². The Morgan fingerprint density at radius 1 is 1.62 bits per heavy atom. The summed E-state index contributed by atoms with van der Waals surface area (Å²) in [5.74, 6) is -2.31. The fraction of sp³-hybridized carbons (Fsp3) is 0.111. The third kappa shape index (κ3) is 1.95. The normalized spacial score (nSPS) is 9.31. The molecule has 0 spiro atoms. The van der Waals surface area contributed by atoms with Crippen LogP contribution in [0.1, 0.15) is 15.9 Å². The maximum absolute atomic E-state index is 13.2. The largest absolute Gasteiger partial charge is 0.465 e. The zero-order valence-corrected chi connectivity index (χ0v) is 8.06. The van der Waals surface area contributed by atoms with Gasteiger partial charge in [0.2, 0.25) is 5.82 Å². The van der Waals surface area contributed by atoms with Crippen molar-refractivity contribution in [2.24, 2.45) is 0 Å². The van der Waals surface area contributed by atoms with Gasteiger partial charge in [-0.1, -0.05) is 0 Å². The Hall–Kier alpha value is -2.49. The summed E-state index contributed by atoms with van der Waals surface area (Å²) in [6, 6.07) is 3.18. The molecular formula is C9H5FN2O4. The lowest BCUT2D eigenvalue weighted by atomic mass is 10.1. The summed E-state index contributed by atoms with van der Waals surface area (Å²) in [5, 5.41) is 19.1. The van der Waals surface area contributed by atoms with E-state index in [2.05, 4.69) is 4.74 Å². The lowest BCUT2D eigenvalue weighted by molar-refractivity contribution is -0.387. The number of carbonyl (C=O) groups is 1. The number of halogens is 1. The summed E-state index contributed by atoms with van der Waals surface area (Å²) in [6.45, 7) is 0. The number of hydrogen-bond donors (Lipinski definition) is 0. The summed E-state index contributed by atoms with van der Waals surface area (Å²) in [6.07, 6.45) is 0. The highest BCUT2D eigenvalue weighted by atomic mass is 19.1. The Morgan fingerprint density at radius 3 is 2.69 bits per heavy atom. The van der Waals surface area contributed by atoms with Crippen molar-refractivity contribution in [1.29, 1.82) is 5.26 Å². The number of benzene rings is 1. The van der Waals surface area contributed by atoms with E-state index in [0.29, 0.717) is 6.07 Å². The Labute approximate surface area is 89.0 Å². The van der Waals surface area contributed by atoms with E-state index >= 15 is 0 Å². The smallest absolute Gasteiger partial charge is 0.345 e. The van der Waals surface area contributed by atoms with Gasteiger partial charge in [0.15, 0.2) is 0 Å². The molecule has 0 aromatic heterocycles. The van der Waals surface area contributed by atoms with Crippen molar-refractivity contribution < 1.29 is 18.8 Å². The predicted molar refractivity (Wildman–Crippen MR) is 49.1 cm³/mol. The van der Waals surface area contributed by atoms with E-state index < -0.39 is 28.0 Å². The van der Waals surface area contributed by atoms with Gasteiger partial charge < -0.3 is 4.74 Å². The molecule has 0 N–H and O–H groups in total. The monoisotopic (exact) mass is 224 g/mol. The van der Waals surface area contributed by atoms with Gasteiger partial charge >= 0.3 is 11.7 Å². The SMILES string of the molecule is COC(=O)c1cc(C#N)cc(F)c1[N+](=O)[O-]. The second-order valence-corrected chi connectivity index (χ2v) is 2.71. The number of hydrogen-bond acceptors (Lipinski definition) is 5. The Morgan fingerprint density at radius 2 is 2.25 bits per heavy atom. The van der Waals surface area contributed by atoms with Crippen LogP contribution in [-0.2, 0) is 4.74 Å². The molecule has 16 heavy (non-hydrogen) atoms. The van der Waals surface area contributed by atoms with Crippen LogP contribution in [0.3, 0.4) is 0 Å². The van der Waals surface area contributed by atoms with Gasteiger partial charge in [-0.2, -0.15) is 9.65 Å². The molecule has 0 aliphatic heterocycles. The summed E-state index contributed by atoms with van der Waals surface area (Å²) in [5.41, 5.74) is -1.77. The molecule has 0 saturated carbocycles. The summed E-state index contributed by atoms with van der Waals surface area (Å²) in [4.78, 5) is 20.7. The van der Waals surface area contributed by atoms with Crippen LogP contribution in [0.2, 0.25) is 0 Å². The first-order valence-electron chi connectivity index (χ1n) is 3.97. The standard InChI is InChI=1S/C9H5FN2O4/c1-16-9(13)6-2-5(4-11)3-7(10)8(6)12(14)15/h2-3H,1H3.